The molecular formula is C16H19ClN2O. The summed E-state index contributed by atoms with van der Waals surface area (Å²) in [5.74, 6) is 1.37. The third kappa shape index (κ3) is 2.23. The number of hydrogen-bond acceptors (Lipinski definition) is 3. The number of halogens is 1. The van der Waals surface area contributed by atoms with Crippen molar-refractivity contribution in [1.82, 2.24) is 9.88 Å². The first-order chi connectivity index (χ1) is 9.79. The Hall–Kier alpha value is -1.06. The van der Waals surface area contributed by atoms with Crippen LogP contribution >= 0.6 is 11.6 Å². The summed E-state index contributed by atoms with van der Waals surface area (Å²) in [4.78, 5) is 7.28. The Morgan fingerprint density at radius 2 is 1.95 bits per heavy atom. The van der Waals surface area contributed by atoms with Crippen molar-refractivity contribution in [3.63, 3.8) is 0 Å². The summed E-state index contributed by atoms with van der Waals surface area (Å²) in [7, 11) is 0. The molecule has 1 aliphatic carbocycles. The molecule has 4 rings (SSSR count). The molecule has 1 aromatic heterocycles. The summed E-state index contributed by atoms with van der Waals surface area (Å²) in [5, 5.41) is 0.720. The van der Waals surface area contributed by atoms with E-state index >= 15 is 0 Å². The SMILES string of the molecule is Clc1ccc2oc(C3CCN(C4CCC4)CC3)nc2c1. The zero-order valence-corrected chi connectivity index (χ0v) is 12.3. The van der Waals surface area contributed by atoms with Gasteiger partial charge in [-0.15, -0.1) is 0 Å². The third-order valence-electron chi connectivity index (χ3n) is 4.84. The maximum absolute atomic E-state index is 6.00. The molecule has 0 bridgehead atoms. The fourth-order valence-corrected chi connectivity index (χ4v) is 3.52. The molecule has 1 aromatic carbocycles. The van der Waals surface area contributed by atoms with Gasteiger partial charge in [0.15, 0.2) is 11.5 Å². The number of nitrogens with zero attached hydrogens (tertiary/aromatic N) is 2. The minimum absolute atomic E-state index is 0.470. The molecule has 106 valence electrons. The zero-order valence-electron chi connectivity index (χ0n) is 11.5. The smallest absolute Gasteiger partial charge is 0.198 e. The second-order valence-electron chi connectivity index (χ2n) is 6.06. The predicted molar refractivity (Wildman–Crippen MR) is 80.2 cm³/mol. The largest absolute Gasteiger partial charge is 0.440 e. The Bertz CT molecular complexity index is 612. The van der Waals surface area contributed by atoms with Crippen LogP contribution in [0.2, 0.25) is 5.02 Å². The van der Waals surface area contributed by atoms with Crippen LogP contribution in [-0.4, -0.2) is 29.0 Å². The Balaban J connectivity index is 1.49. The number of benzene rings is 1. The number of rotatable bonds is 2. The van der Waals surface area contributed by atoms with E-state index in [4.69, 9.17) is 16.0 Å². The molecule has 0 atom stereocenters. The topological polar surface area (TPSA) is 29.3 Å². The van der Waals surface area contributed by atoms with Crippen LogP contribution in [0.15, 0.2) is 22.6 Å². The normalized spacial score (nSPS) is 22.2. The van der Waals surface area contributed by atoms with Crippen LogP contribution in [0.5, 0.6) is 0 Å². The maximum atomic E-state index is 6.00. The van der Waals surface area contributed by atoms with Gasteiger partial charge in [0, 0.05) is 17.0 Å². The van der Waals surface area contributed by atoms with Crippen LogP contribution in [-0.2, 0) is 0 Å². The van der Waals surface area contributed by atoms with Crippen LogP contribution < -0.4 is 0 Å². The van der Waals surface area contributed by atoms with Crippen molar-refractivity contribution >= 4 is 22.7 Å². The minimum atomic E-state index is 0.470. The van der Waals surface area contributed by atoms with Crippen LogP contribution in [0.4, 0.5) is 0 Å². The van der Waals surface area contributed by atoms with Gasteiger partial charge in [-0.05, 0) is 57.0 Å². The summed E-state index contributed by atoms with van der Waals surface area (Å²) in [5.41, 5.74) is 1.74. The van der Waals surface area contributed by atoms with Gasteiger partial charge >= 0.3 is 0 Å². The third-order valence-corrected chi connectivity index (χ3v) is 5.07. The Kier molecular flexibility index (Phi) is 3.20. The fraction of sp³-hybridized carbons (Fsp3) is 0.562. The number of piperidine rings is 1. The zero-order chi connectivity index (χ0) is 13.5. The highest BCUT2D eigenvalue weighted by atomic mass is 35.5. The van der Waals surface area contributed by atoms with Crippen molar-refractivity contribution in [3.05, 3.63) is 29.1 Å². The molecule has 0 amide bonds. The van der Waals surface area contributed by atoms with Crippen LogP contribution in [0.25, 0.3) is 11.1 Å². The van der Waals surface area contributed by atoms with Gasteiger partial charge < -0.3 is 9.32 Å². The van der Waals surface area contributed by atoms with E-state index < -0.39 is 0 Å². The summed E-state index contributed by atoms with van der Waals surface area (Å²) in [6.07, 6.45) is 6.53. The van der Waals surface area contributed by atoms with Crippen molar-refractivity contribution < 1.29 is 4.42 Å². The van der Waals surface area contributed by atoms with Gasteiger partial charge in [-0.25, -0.2) is 4.98 Å². The molecule has 2 fully saturated rings. The van der Waals surface area contributed by atoms with Crippen molar-refractivity contribution in [2.75, 3.05) is 13.1 Å². The van der Waals surface area contributed by atoms with Crippen LogP contribution in [0.3, 0.4) is 0 Å². The Morgan fingerprint density at radius 3 is 2.65 bits per heavy atom. The number of hydrogen-bond donors (Lipinski definition) is 0. The molecule has 0 unspecified atom stereocenters. The summed E-state index contributed by atoms with van der Waals surface area (Å²) >= 11 is 6.00. The fourth-order valence-electron chi connectivity index (χ4n) is 3.36. The second-order valence-corrected chi connectivity index (χ2v) is 6.50. The first-order valence-corrected chi connectivity index (χ1v) is 7.97. The lowest BCUT2D eigenvalue weighted by Gasteiger charge is -2.41. The number of likely N-dealkylation sites (tertiary alicyclic amines) is 1. The van der Waals surface area contributed by atoms with E-state index in [2.05, 4.69) is 9.88 Å². The predicted octanol–water partition coefficient (Wildman–Crippen LogP) is 4.21. The average molecular weight is 291 g/mol. The molecule has 1 saturated carbocycles. The maximum Gasteiger partial charge on any atom is 0.198 e. The lowest BCUT2D eigenvalue weighted by Crippen LogP contribution is -2.44. The van der Waals surface area contributed by atoms with Crippen LogP contribution in [0.1, 0.15) is 43.9 Å². The highest BCUT2D eigenvalue weighted by molar-refractivity contribution is 6.31. The highest BCUT2D eigenvalue weighted by Gasteiger charge is 2.30. The lowest BCUT2D eigenvalue weighted by atomic mass is 9.88. The van der Waals surface area contributed by atoms with Gasteiger partial charge in [-0.2, -0.15) is 0 Å². The number of aromatic nitrogens is 1. The van der Waals surface area contributed by atoms with Crippen LogP contribution in [0, 0.1) is 0 Å². The Labute approximate surface area is 123 Å². The highest BCUT2D eigenvalue weighted by Crippen LogP contribution is 2.34. The van der Waals surface area contributed by atoms with Gasteiger partial charge in [0.1, 0.15) is 5.52 Å². The van der Waals surface area contributed by atoms with Gasteiger partial charge in [0.05, 0.1) is 0 Å². The monoisotopic (exact) mass is 290 g/mol. The van der Waals surface area contributed by atoms with E-state index in [-0.39, 0.29) is 0 Å². The van der Waals surface area contributed by atoms with Gasteiger partial charge in [-0.1, -0.05) is 18.0 Å². The van der Waals surface area contributed by atoms with E-state index in [1.807, 2.05) is 18.2 Å². The van der Waals surface area contributed by atoms with Crippen molar-refractivity contribution in [3.8, 4) is 0 Å². The van der Waals surface area contributed by atoms with E-state index in [1.54, 1.807) is 0 Å². The molecular weight excluding hydrogens is 272 g/mol. The molecule has 0 N–H and O–H groups in total. The molecule has 4 heteroatoms. The summed E-state index contributed by atoms with van der Waals surface area (Å²) < 4.78 is 5.91. The van der Waals surface area contributed by atoms with Gasteiger partial charge in [-0.3, -0.25) is 0 Å². The summed E-state index contributed by atoms with van der Waals surface area (Å²) in [6, 6.07) is 6.52. The standard InChI is InChI=1S/C16H19ClN2O/c17-12-4-5-15-14(10-12)18-16(20-15)11-6-8-19(9-7-11)13-2-1-3-13/h4-5,10-11,13H,1-3,6-9H2. The van der Waals surface area contributed by atoms with Crippen molar-refractivity contribution in [2.45, 2.75) is 44.1 Å². The molecule has 2 heterocycles. The molecule has 3 nitrogen and oxygen atoms in total. The second kappa shape index (κ2) is 5.05. The quantitative estimate of drug-likeness (QED) is 0.829. The number of fused-ring (bicyclic) bond motifs is 1. The molecule has 1 saturated heterocycles. The molecule has 2 aromatic rings. The van der Waals surface area contributed by atoms with E-state index in [1.165, 1.54) is 32.4 Å². The number of oxazole rings is 1. The Morgan fingerprint density at radius 1 is 1.15 bits per heavy atom. The summed E-state index contributed by atoms with van der Waals surface area (Å²) in [6.45, 7) is 2.38. The molecule has 0 radical (unpaired) electrons. The van der Waals surface area contributed by atoms with E-state index in [0.29, 0.717) is 5.92 Å². The average Bonchev–Trinajstić information content (AvgIpc) is 2.80. The van der Waals surface area contributed by atoms with E-state index in [9.17, 15) is 0 Å². The van der Waals surface area contributed by atoms with Crippen molar-refractivity contribution in [1.29, 1.82) is 0 Å². The first-order valence-electron chi connectivity index (χ1n) is 7.59. The first kappa shape index (κ1) is 12.7. The van der Waals surface area contributed by atoms with Crippen molar-refractivity contribution in [2.24, 2.45) is 0 Å². The molecule has 20 heavy (non-hydrogen) atoms. The van der Waals surface area contributed by atoms with E-state index in [0.717, 1.165) is 40.9 Å². The molecule has 2 aliphatic rings. The minimum Gasteiger partial charge on any atom is -0.440 e. The van der Waals surface area contributed by atoms with Gasteiger partial charge in [0.25, 0.3) is 0 Å². The molecule has 0 spiro atoms. The lowest BCUT2D eigenvalue weighted by molar-refractivity contribution is 0.0938. The van der Waals surface area contributed by atoms with Gasteiger partial charge in [0.2, 0.25) is 0 Å². The molecule has 1 aliphatic heterocycles.